The molecule has 2 radical (unpaired) electrons. The third-order valence-corrected chi connectivity index (χ3v) is 1.69. The molecule has 0 N–H and O–H groups in total. The van der Waals surface area contributed by atoms with Crippen LogP contribution in [0.15, 0.2) is 0 Å². The molecule has 1 fully saturated rings. The van der Waals surface area contributed by atoms with E-state index in [1.807, 2.05) is 24.1 Å². The van der Waals surface area contributed by atoms with E-state index < -0.39 is 0 Å². The van der Waals surface area contributed by atoms with Gasteiger partial charge in [0.15, 0.2) is 0 Å². The molecule has 0 spiro atoms. The van der Waals surface area contributed by atoms with Gasteiger partial charge in [0.05, 0.1) is 0 Å². The fraction of sp³-hybridized carbons (Fsp3) is 0.714. The van der Waals surface area contributed by atoms with Gasteiger partial charge in [0, 0.05) is 20.1 Å². The SMILES string of the molecule is CC(C)N1[CH]N(C)N(C)[CH]1. The fourth-order valence-electron chi connectivity index (χ4n) is 0.845. The van der Waals surface area contributed by atoms with E-state index in [0.717, 1.165) is 0 Å². The van der Waals surface area contributed by atoms with Crippen molar-refractivity contribution in [1.29, 1.82) is 0 Å². The van der Waals surface area contributed by atoms with E-state index in [0.29, 0.717) is 6.04 Å². The largest absolute Gasteiger partial charge is 0.262 e. The van der Waals surface area contributed by atoms with Gasteiger partial charge < -0.3 is 0 Å². The Hall–Kier alpha value is -0.120. The highest BCUT2D eigenvalue weighted by molar-refractivity contribution is 4.83. The molecule has 3 nitrogen and oxygen atoms in total. The predicted molar refractivity (Wildman–Crippen MR) is 41.1 cm³/mol. The zero-order valence-corrected chi connectivity index (χ0v) is 7.07. The van der Waals surface area contributed by atoms with E-state index in [9.17, 15) is 0 Å². The first-order valence-corrected chi connectivity index (χ1v) is 3.54. The monoisotopic (exact) mass is 141 g/mol. The van der Waals surface area contributed by atoms with E-state index in [4.69, 9.17) is 0 Å². The van der Waals surface area contributed by atoms with Gasteiger partial charge in [-0.2, -0.15) is 0 Å². The molecule has 0 atom stereocenters. The second-order valence-corrected chi connectivity index (χ2v) is 2.92. The Labute approximate surface area is 63.2 Å². The summed E-state index contributed by atoms with van der Waals surface area (Å²) in [6.07, 6.45) is 0. The van der Waals surface area contributed by atoms with Crippen molar-refractivity contribution < 1.29 is 0 Å². The van der Waals surface area contributed by atoms with Crippen molar-refractivity contribution in [3.63, 3.8) is 0 Å². The molecule has 1 aliphatic heterocycles. The Kier molecular flexibility index (Phi) is 2.28. The summed E-state index contributed by atoms with van der Waals surface area (Å²) >= 11 is 0. The molecule has 10 heavy (non-hydrogen) atoms. The normalized spacial score (nSPS) is 24.9. The maximum atomic E-state index is 2.17. The van der Waals surface area contributed by atoms with Gasteiger partial charge in [0.2, 0.25) is 0 Å². The molecule has 0 aromatic heterocycles. The number of hydrazine groups is 1. The van der Waals surface area contributed by atoms with E-state index in [2.05, 4.69) is 32.1 Å². The van der Waals surface area contributed by atoms with Crippen molar-refractivity contribution in [3.05, 3.63) is 13.3 Å². The summed E-state index contributed by atoms with van der Waals surface area (Å²) in [6, 6.07) is 0.549. The van der Waals surface area contributed by atoms with Gasteiger partial charge in [-0.3, -0.25) is 4.90 Å². The summed E-state index contributed by atoms with van der Waals surface area (Å²) in [7, 11) is 4.05. The van der Waals surface area contributed by atoms with Crippen LogP contribution in [0, 0.1) is 13.3 Å². The van der Waals surface area contributed by atoms with E-state index in [1.165, 1.54) is 0 Å². The summed E-state index contributed by atoms with van der Waals surface area (Å²) < 4.78 is 0. The van der Waals surface area contributed by atoms with Crippen LogP contribution in [0.3, 0.4) is 0 Å². The zero-order valence-electron chi connectivity index (χ0n) is 7.07. The first-order valence-electron chi connectivity index (χ1n) is 3.54. The average Bonchev–Trinajstić information content (AvgIpc) is 2.13. The molecular formula is C7H15N3. The van der Waals surface area contributed by atoms with Crippen molar-refractivity contribution in [2.75, 3.05) is 14.1 Å². The minimum atomic E-state index is 0.549. The van der Waals surface area contributed by atoms with Crippen LogP contribution in [-0.2, 0) is 0 Å². The van der Waals surface area contributed by atoms with Crippen LogP contribution >= 0.6 is 0 Å². The van der Waals surface area contributed by atoms with E-state index in [-0.39, 0.29) is 0 Å². The first kappa shape index (κ1) is 7.98. The van der Waals surface area contributed by atoms with Gasteiger partial charge in [0.1, 0.15) is 13.3 Å². The zero-order chi connectivity index (χ0) is 7.72. The van der Waals surface area contributed by atoms with Gasteiger partial charge in [-0.05, 0) is 13.8 Å². The smallest absolute Gasteiger partial charge is 0.108 e. The minimum absolute atomic E-state index is 0.549. The average molecular weight is 141 g/mol. The van der Waals surface area contributed by atoms with Crippen LogP contribution in [0.2, 0.25) is 0 Å². The van der Waals surface area contributed by atoms with Crippen LogP contribution in [0.1, 0.15) is 13.8 Å². The minimum Gasteiger partial charge on any atom is -0.262 e. The van der Waals surface area contributed by atoms with Gasteiger partial charge in [-0.15, -0.1) is 0 Å². The summed E-state index contributed by atoms with van der Waals surface area (Å²) in [4.78, 5) is 2.17. The van der Waals surface area contributed by atoms with Crippen LogP contribution in [0.4, 0.5) is 0 Å². The van der Waals surface area contributed by atoms with Crippen molar-refractivity contribution in [3.8, 4) is 0 Å². The lowest BCUT2D eigenvalue weighted by Gasteiger charge is -2.16. The number of hydrogen-bond acceptors (Lipinski definition) is 3. The summed E-state index contributed by atoms with van der Waals surface area (Å²) in [6.45, 7) is 8.48. The summed E-state index contributed by atoms with van der Waals surface area (Å²) in [5, 5.41) is 4.08. The molecule has 1 heterocycles. The molecule has 0 bridgehead atoms. The second-order valence-electron chi connectivity index (χ2n) is 2.92. The van der Waals surface area contributed by atoms with Crippen LogP contribution < -0.4 is 0 Å². The third kappa shape index (κ3) is 1.48. The molecule has 0 unspecified atom stereocenters. The lowest BCUT2D eigenvalue weighted by Crippen LogP contribution is -2.24. The Morgan fingerprint density at radius 3 is 1.60 bits per heavy atom. The van der Waals surface area contributed by atoms with Crippen molar-refractivity contribution >= 4 is 0 Å². The number of rotatable bonds is 1. The maximum Gasteiger partial charge on any atom is 0.108 e. The maximum absolute atomic E-state index is 2.17. The quantitative estimate of drug-likeness (QED) is 0.533. The van der Waals surface area contributed by atoms with E-state index in [1.54, 1.807) is 0 Å². The molecule has 0 aliphatic carbocycles. The molecular weight excluding hydrogens is 126 g/mol. The highest BCUT2D eigenvalue weighted by atomic mass is 15.7. The lowest BCUT2D eigenvalue weighted by molar-refractivity contribution is 0.136. The van der Waals surface area contributed by atoms with Gasteiger partial charge >= 0.3 is 0 Å². The third-order valence-electron chi connectivity index (χ3n) is 1.69. The Bertz CT molecular complexity index is 103. The fourth-order valence-corrected chi connectivity index (χ4v) is 0.845. The Balaban J connectivity index is 2.41. The molecule has 3 heteroatoms. The molecule has 0 aromatic rings. The first-order chi connectivity index (χ1) is 4.61. The van der Waals surface area contributed by atoms with Crippen LogP contribution in [0.25, 0.3) is 0 Å². The van der Waals surface area contributed by atoms with Crippen LogP contribution in [-0.4, -0.2) is 35.1 Å². The molecule has 0 saturated carbocycles. The number of hydrogen-bond donors (Lipinski definition) is 0. The Morgan fingerprint density at radius 2 is 1.40 bits per heavy atom. The Morgan fingerprint density at radius 1 is 1.00 bits per heavy atom. The van der Waals surface area contributed by atoms with Crippen LogP contribution in [0.5, 0.6) is 0 Å². The predicted octanol–water partition coefficient (Wildman–Crippen LogP) is 0.728. The highest BCUT2D eigenvalue weighted by Gasteiger charge is 2.24. The highest BCUT2D eigenvalue weighted by Crippen LogP contribution is 2.17. The molecule has 1 aliphatic rings. The standard InChI is InChI=1S/C7H15N3/c1-7(2)10-5-8(3)9(4)6-10/h5-7H,1-4H3. The summed E-state index contributed by atoms with van der Waals surface area (Å²) in [5.41, 5.74) is 0. The second kappa shape index (κ2) is 2.86. The van der Waals surface area contributed by atoms with Gasteiger partial charge in [-0.25, -0.2) is 10.0 Å². The number of nitrogens with zero attached hydrogens (tertiary/aromatic N) is 3. The molecule has 1 saturated heterocycles. The van der Waals surface area contributed by atoms with Gasteiger partial charge in [0.25, 0.3) is 0 Å². The molecule has 58 valence electrons. The molecule has 0 aromatic carbocycles. The van der Waals surface area contributed by atoms with Crippen molar-refractivity contribution in [2.45, 2.75) is 19.9 Å². The van der Waals surface area contributed by atoms with Crippen molar-refractivity contribution in [2.24, 2.45) is 0 Å². The van der Waals surface area contributed by atoms with E-state index >= 15 is 0 Å². The lowest BCUT2D eigenvalue weighted by atomic mass is 10.4. The topological polar surface area (TPSA) is 9.72 Å². The van der Waals surface area contributed by atoms with Crippen molar-refractivity contribution in [1.82, 2.24) is 14.9 Å². The molecule has 0 amide bonds. The summed E-state index contributed by atoms with van der Waals surface area (Å²) in [5.74, 6) is 0. The van der Waals surface area contributed by atoms with Gasteiger partial charge in [-0.1, -0.05) is 0 Å². The molecule has 1 rings (SSSR count).